The third-order valence-corrected chi connectivity index (χ3v) is 4.95. The van der Waals surface area contributed by atoms with Gasteiger partial charge in [-0.25, -0.2) is 13.2 Å². The quantitative estimate of drug-likeness (QED) is 0.482. The summed E-state index contributed by atoms with van der Waals surface area (Å²) in [6.45, 7) is 4.08. The number of benzene rings is 2. The number of nitrogens with zero attached hydrogens (tertiary/aromatic N) is 2. The Morgan fingerprint density at radius 3 is 2.26 bits per heavy atom. The Labute approximate surface area is 159 Å². The molecule has 8 heteroatoms. The van der Waals surface area contributed by atoms with Crippen LogP contribution in [0.15, 0.2) is 51.9 Å². The minimum Gasteiger partial charge on any atom is -0.334 e. The van der Waals surface area contributed by atoms with Crippen molar-refractivity contribution in [3.63, 3.8) is 0 Å². The Hall–Kier alpha value is -2.32. The fourth-order valence-corrected chi connectivity index (χ4v) is 2.92. The number of halogens is 3. The monoisotopic (exact) mass is 393 g/mol. The van der Waals surface area contributed by atoms with Crippen molar-refractivity contribution in [1.82, 2.24) is 10.1 Å². The Balaban J connectivity index is 0.000000221. The molecular formula is C19H18F3N3OS. The summed E-state index contributed by atoms with van der Waals surface area (Å²) in [5.41, 5.74) is -0.544. The number of hydrogen-bond donors (Lipinski definition) is 1. The molecule has 1 heterocycles. The third-order valence-electron chi connectivity index (χ3n) is 4.40. The van der Waals surface area contributed by atoms with Gasteiger partial charge in [0.15, 0.2) is 17.5 Å². The Kier molecular flexibility index (Phi) is 5.57. The first kappa shape index (κ1) is 19.4. The van der Waals surface area contributed by atoms with E-state index in [-0.39, 0.29) is 17.2 Å². The fraction of sp³-hybridized carbons (Fsp3) is 0.263. The van der Waals surface area contributed by atoms with Gasteiger partial charge in [0.1, 0.15) is 11.4 Å². The maximum absolute atomic E-state index is 13.6. The molecule has 1 saturated carbocycles. The summed E-state index contributed by atoms with van der Waals surface area (Å²) in [6, 6.07) is 11.4. The molecule has 0 aliphatic heterocycles. The number of nitrogens with two attached hydrogens (primary N) is 1. The van der Waals surface area contributed by atoms with Crippen molar-refractivity contribution in [2.75, 3.05) is 0 Å². The van der Waals surface area contributed by atoms with Crippen LogP contribution in [-0.4, -0.2) is 10.1 Å². The van der Waals surface area contributed by atoms with Crippen LogP contribution in [0.2, 0.25) is 0 Å². The lowest BCUT2D eigenvalue weighted by Gasteiger charge is -2.00. The van der Waals surface area contributed by atoms with Gasteiger partial charge in [-0.05, 0) is 48.0 Å². The van der Waals surface area contributed by atoms with E-state index in [4.69, 9.17) is 9.66 Å². The molecule has 0 saturated heterocycles. The fourth-order valence-electron chi connectivity index (χ4n) is 2.61. The first-order valence-corrected chi connectivity index (χ1v) is 9.10. The molecule has 0 spiro atoms. The first-order chi connectivity index (χ1) is 12.8. The zero-order valence-electron chi connectivity index (χ0n) is 14.7. The van der Waals surface area contributed by atoms with Gasteiger partial charge in [0.05, 0.1) is 0 Å². The van der Waals surface area contributed by atoms with Crippen molar-refractivity contribution >= 4 is 11.9 Å². The highest BCUT2D eigenvalue weighted by molar-refractivity contribution is 7.97. The maximum atomic E-state index is 13.6. The molecule has 4 nitrogen and oxygen atoms in total. The molecule has 0 bridgehead atoms. The van der Waals surface area contributed by atoms with Crippen LogP contribution in [0.4, 0.5) is 13.2 Å². The molecular weight excluding hydrogens is 375 g/mol. The molecule has 3 aromatic rings. The van der Waals surface area contributed by atoms with E-state index < -0.39 is 23.0 Å². The molecule has 1 aliphatic carbocycles. The van der Waals surface area contributed by atoms with Crippen LogP contribution in [0.5, 0.6) is 0 Å². The van der Waals surface area contributed by atoms with Crippen molar-refractivity contribution in [1.29, 1.82) is 0 Å². The van der Waals surface area contributed by atoms with Gasteiger partial charge < -0.3 is 4.52 Å². The van der Waals surface area contributed by atoms with Crippen molar-refractivity contribution in [3.8, 4) is 11.5 Å². The second-order valence-electron chi connectivity index (χ2n) is 6.85. The van der Waals surface area contributed by atoms with E-state index in [1.165, 1.54) is 11.9 Å². The van der Waals surface area contributed by atoms with Gasteiger partial charge in [-0.3, -0.25) is 5.14 Å². The molecule has 0 radical (unpaired) electrons. The van der Waals surface area contributed by atoms with Crippen LogP contribution in [0.3, 0.4) is 0 Å². The number of hydrogen-bond acceptors (Lipinski definition) is 5. The average molecular weight is 393 g/mol. The molecule has 1 unspecified atom stereocenters. The standard InChI is InChI=1S/C13H11F3N2O.C6H7NS/c1-13(2)5-6(13)11-17-12(19-18-11)9-7(14)3-4-8(15)10(9)16;7-8-6-4-2-1-3-5-6/h3-4,6H,5H2,1-2H3;1-5H,7H2. The molecule has 1 fully saturated rings. The molecule has 142 valence electrons. The van der Waals surface area contributed by atoms with E-state index in [9.17, 15) is 13.2 Å². The second-order valence-corrected chi connectivity index (χ2v) is 7.56. The Morgan fingerprint density at radius 2 is 1.70 bits per heavy atom. The van der Waals surface area contributed by atoms with E-state index in [1.807, 2.05) is 44.2 Å². The van der Waals surface area contributed by atoms with Gasteiger partial charge >= 0.3 is 0 Å². The van der Waals surface area contributed by atoms with Crippen molar-refractivity contribution in [2.24, 2.45) is 10.6 Å². The number of rotatable bonds is 3. The molecule has 4 rings (SSSR count). The minimum atomic E-state index is -1.31. The lowest BCUT2D eigenvalue weighted by molar-refractivity contribution is 0.411. The molecule has 1 atom stereocenters. The van der Waals surface area contributed by atoms with Crippen LogP contribution >= 0.6 is 11.9 Å². The van der Waals surface area contributed by atoms with E-state index in [0.29, 0.717) is 5.82 Å². The summed E-state index contributed by atoms with van der Waals surface area (Å²) < 4.78 is 45.1. The lowest BCUT2D eigenvalue weighted by Crippen LogP contribution is -1.95. The topological polar surface area (TPSA) is 64.9 Å². The van der Waals surface area contributed by atoms with E-state index in [1.54, 1.807) is 0 Å². The molecule has 2 N–H and O–H groups in total. The van der Waals surface area contributed by atoms with Gasteiger partial charge in [0.25, 0.3) is 5.89 Å². The molecule has 1 aromatic heterocycles. The zero-order chi connectivity index (χ0) is 19.6. The largest absolute Gasteiger partial charge is 0.334 e. The third kappa shape index (κ3) is 4.33. The van der Waals surface area contributed by atoms with Gasteiger partial charge in [0, 0.05) is 10.8 Å². The predicted molar refractivity (Wildman–Crippen MR) is 97.2 cm³/mol. The van der Waals surface area contributed by atoms with Crippen LogP contribution < -0.4 is 5.14 Å². The Morgan fingerprint density at radius 1 is 1.07 bits per heavy atom. The summed E-state index contributed by atoms with van der Waals surface area (Å²) in [4.78, 5) is 5.08. The van der Waals surface area contributed by atoms with Crippen LogP contribution in [0.1, 0.15) is 32.0 Å². The van der Waals surface area contributed by atoms with Gasteiger partial charge in [0.2, 0.25) is 0 Å². The SMILES string of the molecule is CC1(C)CC1c1noc(-c2c(F)ccc(F)c2F)n1.NSc1ccccc1. The zero-order valence-corrected chi connectivity index (χ0v) is 15.6. The summed E-state index contributed by atoms with van der Waals surface area (Å²) in [6.07, 6.45) is 0.889. The first-order valence-electron chi connectivity index (χ1n) is 8.22. The predicted octanol–water partition coefficient (Wildman–Crippen LogP) is 5.32. The van der Waals surface area contributed by atoms with Crippen LogP contribution in [0.25, 0.3) is 11.5 Å². The summed E-state index contributed by atoms with van der Waals surface area (Å²) in [7, 11) is 0. The van der Waals surface area contributed by atoms with Gasteiger partial charge in [-0.15, -0.1) is 0 Å². The summed E-state index contributed by atoms with van der Waals surface area (Å²) in [5.74, 6) is -3.20. The number of aromatic nitrogens is 2. The minimum absolute atomic E-state index is 0.0696. The summed E-state index contributed by atoms with van der Waals surface area (Å²) >= 11 is 1.27. The van der Waals surface area contributed by atoms with Crippen molar-refractivity contribution < 1.29 is 17.7 Å². The lowest BCUT2D eigenvalue weighted by atomic mass is 10.1. The van der Waals surface area contributed by atoms with E-state index >= 15 is 0 Å². The Bertz CT molecular complexity index is 931. The molecule has 27 heavy (non-hydrogen) atoms. The average Bonchev–Trinajstić information content (AvgIpc) is 3.06. The molecule has 0 amide bonds. The molecule has 1 aliphatic rings. The van der Waals surface area contributed by atoms with E-state index in [0.717, 1.165) is 23.4 Å². The maximum Gasteiger partial charge on any atom is 0.264 e. The van der Waals surface area contributed by atoms with Gasteiger partial charge in [-0.1, -0.05) is 37.2 Å². The normalized spacial score (nSPS) is 17.2. The highest BCUT2D eigenvalue weighted by atomic mass is 32.2. The van der Waals surface area contributed by atoms with Crippen molar-refractivity contribution in [3.05, 3.63) is 65.7 Å². The second kappa shape index (κ2) is 7.74. The van der Waals surface area contributed by atoms with Crippen LogP contribution in [0, 0.1) is 22.9 Å². The highest BCUT2D eigenvalue weighted by Crippen LogP contribution is 2.57. The van der Waals surface area contributed by atoms with Crippen molar-refractivity contribution in [2.45, 2.75) is 31.1 Å². The highest BCUT2D eigenvalue weighted by Gasteiger charge is 2.49. The van der Waals surface area contributed by atoms with E-state index in [2.05, 4.69) is 10.1 Å². The molecule has 2 aromatic carbocycles. The van der Waals surface area contributed by atoms with Gasteiger partial charge in [-0.2, -0.15) is 4.98 Å². The summed E-state index contributed by atoms with van der Waals surface area (Å²) in [5, 5.41) is 8.99. The van der Waals surface area contributed by atoms with Crippen LogP contribution in [-0.2, 0) is 0 Å². The smallest absolute Gasteiger partial charge is 0.264 e.